The van der Waals surface area contributed by atoms with Crippen LogP contribution in [-0.2, 0) is 11.3 Å². The van der Waals surface area contributed by atoms with E-state index in [1.165, 1.54) is 19.3 Å². The molecule has 21 heavy (non-hydrogen) atoms. The zero-order chi connectivity index (χ0) is 15.0. The van der Waals surface area contributed by atoms with Gasteiger partial charge in [-0.25, -0.2) is 0 Å². The number of hydrogen-bond donors (Lipinski definition) is 2. The van der Waals surface area contributed by atoms with E-state index in [9.17, 15) is 0 Å². The first-order valence-electron chi connectivity index (χ1n) is 7.61. The molecule has 2 rings (SSSR count). The largest absolute Gasteiger partial charge is 0.385 e. The molecule has 0 aromatic carbocycles. The molecule has 1 heterocycles. The summed E-state index contributed by atoms with van der Waals surface area (Å²) in [6.45, 7) is 2.48. The van der Waals surface area contributed by atoms with Crippen LogP contribution in [-0.4, -0.2) is 38.3 Å². The molecule has 0 spiro atoms. The summed E-state index contributed by atoms with van der Waals surface area (Å²) in [4.78, 5) is 8.58. The van der Waals surface area contributed by atoms with E-state index in [0.29, 0.717) is 12.0 Å². The Bertz CT molecular complexity index is 443. The highest BCUT2D eigenvalue weighted by Crippen LogP contribution is 2.43. The van der Waals surface area contributed by atoms with Crippen molar-refractivity contribution in [2.45, 2.75) is 32.2 Å². The fraction of sp³-hybridized carbons (Fsp3) is 0.625. The van der Waals surface area contributed by atoms with E-state index in [1.807, 2.05) is 18.2 Å². The van der Waals surface area contributed by atoms with Crippen LogP contribution in [0.25, 0.3) is 0 Å². The molecule has 0 unspecified atom stereocenters. The highest BCUT2D eigenvalue weighted by Gasteiger charge is 2.36. The molecule has 5 heteroatoms. The normalized spacial score (nSPS) is 17.1. The van der Waals surface area contributed by atoms with Gasteiger partial charge in [-0.3, -0.25) is 9.98 Å². The van der Waals surface area contributed by atoms with Crippen molar-refractivity contribution in [1.29, 1.82) is 0 Å². The summed E-state index contributed by atoms with van der Waals surface area (Å²) in [5.41, 5.74) is 1.40. The third kappa shape index (κ3) is 4.70. The fourth-order valence-corrected chi connectivity index (χ4v) is 2.68. The molecule has 2 N–H and O–H groups in total. The van der Waals surface area contributed by atoms with Gasteiger partial charge in [0.05, 0.1) is 12.2 Å². The monoisotopic (exact) mass is 290 g/mol. The highest BCUT2D eigenvalue weighted by molar-refractivity contribution is 5.79. The van der Waals surface area contributed by atoms with Gasteiger partial charge in [0.15, 0.2) is 5.96 Å². The number of hydrogen-bond acceptors (Lipinski definition) is 3. The van der Waals surface area contributed by atoms with E-state index in [2.05, 4.69) is 20.6 Å². The Labute approximate surface area is 127 Å². The maximum atomic E-state index is 5.23. The Hall–Kier alpha value is -1.62. The van der Waals surface area contributed by atoms with Crippen LogP contribution in [0.15, 0.2) is 29.4 Å². The number of aliphatic imine (C=N–C) groups is 1. The smallest absolute Gasteiger partial charge is 0.191 e. The maximum Gasteiger partial charge on any atom is 0.191 e. The number of ether oxygens (including phenoxy) is 1. The average molecular weight is 290 g/mol. The summed E-state index contributed by atoms with van der Waals surface area (Å²) >= 11 is 0. The number of rotatable bonds is 7. The lowest BCUT2D eigenvalue weighted by molar-refractivity contribution is 0.0732. The summed E-state index contributed by atoms with van der Waals surface area (Å²) in [5, 5.41) is 6.75. The minimum Gasteiger partial charge on any atom is -0.385 e. The molecule has 0 radical (unpaired) electrons. The molecule has 1 aliphatic carbocycles. The number of guanidine groups is 1. The number of aromatic nitrogens is 1. The zero-order valence-corrected chi connectivity index (χ0v) is 13.1. The highest BCUT2D eigenvalue weighted by atomic mass is 16.5. The van der Waals surface area contributed by atoms with Crippen molar-refractivity contribution in [3.05, 3.63) is 30.1 Å². The van der Waals surface area contributed by atoms with Gasteiger partial charge in [-0.15, -0.1) is 0 Å². The number of pyridine rings is 1. The SMILES string of the molecule is CN=C(NCc1ccccn1)NCC1(CCOC)CCC1. The van der Waals surface area contributed by atoms with E-state index in [0.717, 1.165) is 31.2 Å². The van der Waals surface area contributed by atoms with E-state index < -0.39 is 0 Å². The molecule has 0 aliphatic heterocycles. The van der Waals surface area contributed by atoms with Gasteiger partial charge >= 0.3 is 0 Å². The summed E-state index contributed by atoms with van der Waals surface area (Å²) in [7, 11) is 3.57. The number of nitrogens with one attached hydrogen (secondary N) is 2. The molecular weight excluding hydrogens is 264 g/mol. The Morgan fingerprint density at radius 2 is 2.24 bits per heavy atom. The van der Waals surface area contributed by atoms with Gasteiger partial charge in [-0.1, -0.05) is 12.5 Å². The predicted octanol–water partition coefficient (Wildman–Crippen LogP) is 1.95. The lowest BCUT2D eigenvalue weighted by Gasteiger charge is -2.42. The second-order valence-corrected chi connectivity index (χ2v) is 5.70. The van der Waals surface area contributed by atoms with Crippen molar-refractivity contribution in [3.63, 3.8) is 0 Å². The summed E-state index contributed by atoms with van der Waals surface area (Å²) < 4.78 is 5.23. The van der Waals surface area contributed by atoms with Crippen LogP contribution in [0.2, 0.25) is 0 Å². The van der Waals surface area contributed by atoms with Crippen molar-refractivity contribution in [3.8, 4) is 0 Å². The third-order valence-electron chi connectivity index (χ3n) is 4.27. The van der Waals surface area contributed by atoms with Crippen molar-refractivity contribution in [1.82, 2.24) is 15.6 Å². The molecule has 0 atom stereocenters. The van der Waals surface area contributed by atoms with Crippen LogP contribution in [0.1, 0.15) is 31.4 Å². The van der Waals surface area contributed by atoms with Crippen molar-refractivity contribution in [2.24, 2.45) is 10.4 Å². The van der Waals surface area contributed by atoms with Gasteiger partial charge in [-0.2, -0.15) is 0 Å². The Kier molecular flexibility index (Phi) is 5.99. The van der Waals surface area contributed by atoms with Gasteiger partial charge in [0.1, 0.15) is 0 Å². The maximum absolute atomic E-state index is 5.23. The standard InChI is InChI=1S/C16H26N4O/c1-17-15(19-12-14-6-3-4-10-18-14)20-13-16(7-5-8-16)9-11-21-2/h3-4,6,10H,5,7-9,11-13H2,1-2H3,(H2,17,19,20). The summed E-state index contributed by atoms with van der Waals surface area (Å²) in [6.07, 6.45) is 6.81. The topological polar surface area (TPSA) is 58.5 Å². The molecule has 0 bridgehead atoms. The molecule has 1 aromatic rings. The van der Waals surface area contributed by atoms with Gasteiger partial charge in [0.2, 0.25) is 0 Å². The molecule has 1 aromatic heterocycles. The molecule has 0 amide bonds. The van der Waals surface area contributed by atoms with Gasteiger partial charge in [-0.05, 0) is 36.8 Å². The van der Waals surface area contributed by atoms with E-state index in [1.54, 1.807) is 20.4 Å². The average Bonchev–Trinajstić information content (AvgIpc) is 2.49. The first-order chi connectivity index (χ1) is 10.3. The van der Waals surface area contributed by atoms with E-state index >= 15 is 0 Å². The van der Waals surface area contributed by atoms with Crippen molar-refractivity contribution >= 4 is 5.96 Å². The zero-order valence-electron chi connectivity index (χ0n) is 13.1. The predicted molar refractivity (Wildman–Crippen MR) is 85.2 cm³/mol. The van der Waals surface area contributed by atoms with E-state index in [-0.39, 0.29) is 0 Å². The van der Waals surface area contributed by atoms with E-state index in [4.69, 9.17) is 4.74 Å². The van der Waals surface area contributed by atoms with Crippen LogP contribution in [0.5, 0.6) is 0 Å². The lowest BCUT2D eigenvalue weighted by atomic mass is 9.67. The second kappa shape index (κ2) is 7.98. The van der Waals surface area contributed by atoms with Crippen molar-refractivity contribution < 1.29 is 4.74 Å². The van der Waals surface area contributed by atoms with Crippen LogP contribution in [0.3, 0.4) is 0 Å². The molecule has 116 valence electrons. The minimum absolute atomic E-state index is 0.388. The van der Waals surface area contributed by atoms with Crippen LogP contribution in [0, 0.1) is 5.41 Å². The second-order valence-electron chi connectivity index (χ2n) is 5.70. The Morgan fingerprint density at radius 1 is 1.38 bits per heavy atom. The van der Waals surface area contributed by atoms with Crippen LogP contribution >= 0.6 is 0 Å². The van der Waals surface area contributed by atoms with Crippen LogP contribution < -0.4 is 10.6 Å². The minimum atomic E-state index is 0.388. The molecule has 1 aliphatic rings. The van der Waals surface area contributed by atoms with Gasteiger partial charge in [0.25, 0.3) is 0 Å². The van der Waals surface area contributed by atoms with Gasteiger partial charge < -0.3 is 15.4 Å². The Balaban J connectivity index is 1.77. The fourth-order valence-electron chi connectivity index (χ4n) is 2.68. The number of nitrogens with zero attached hydrogens (tertiary/aromatic N) is 2. The van der Waals surface area contributed by atoms with Gasteiger partial charge in [0, 0.05) is 33.5 Å². The molecular formula is C16H26N4O. The molecule has 5 nitrogen and oxygen atoms in total. The number of methoxy groups -OCH3 is 1. The Morgan fingerprint density at radius 3 is 2.81 bits per heavy atom. The van der Waals surface area contributed by atoms with Crippen molar-refractivity contribution in [2.75, 3.05) is 27.3 Å². The molecule has 1 fully saturated rings. The first kappa shape index (κ1) is 15.8. The quantitative estimate of drug-likeness (QED) is 0.595. The third-order valence-corrected chi connectivity index (χ3v) is 4.27. The summed E-state index contributed by atoms with van der Waals surface area (Å²) in [5.74, 6) is 0.837. The first-order valence-corrected chi connectivity index (χ1v) is 7.61. The lowest BCUT2D eigenvalue weighted by Crippen LogP contribution is -2.46. The summed E-state index contributed by atoms with van der Waals surface area (Å²) in [6, 6.07) is 5.92. The van der Waals surface area contributed by atoms with Crippen LogP contribution in [0.4, 0.5) is 0 Å². The molecule has 0 saturated heterocycles. The molecule has 1 saturated carbocycles.